The molecule has 0 aliphatic carbocycles. The highest BCUT2D eigenvalue weighted by atomic mass is 35.5. The van der Waals surface area contributed by atoms with Crippen LogP contribution in [-0.2, 0) is 10.0 Å². The molecular weight excluding hydrogens is 372 g/mol. The SMILES string of the molecule is CCCCN(C)S(=O)(=O)c1cccc(C(=O)Nc2cc(Cl)ccc2C)c1. The highest BCUT2D eigenvalue weighted by Crippen LogP contribution is 2.22. The number of benzene rings is 2. The lowest BCUT2D eigenvalue weighted by Crippen LogP contribution is -2.28. The van der Waals surface area contributed by atoms with Gasteiger partial charge in [-0.2, -0.15) is 0 Å². The maximum atomic E-state index is 12.6. The molecule has 2 aromatic rings. The highest BCUT2D eigenvalue weighted by Gasteiger charge is 2.21. The van der Waals surface area contributed by atoms with E-state index in [2.05, 4.69) is 5.32 Å². The zero-order chi connectivity index (χ0) is 19.3. The Balaban J connectivity index is 2.25. The Morgan fingerprint density at radius 3 is 2.62 bits per heavy atom. The molecule has 1 N–H and O–H groups in total. The van der Waals surface area contributed by atoms with Gasteiger partial charge >= 0.3 is 0 Å². The minimum absolute atomic E-state index is 0.103. The molecule has 0 radical (unpaired) electrons. The van der Waals surface area contributed by atoms with Crippen LogP contribution < -0.4 is 5.32 Å². The number of carbonyl (C=O) groups is 1. The molecule has 140 valence electrons. The lowest BCUT2D eigenvalue weighted by molar-refractivity contribution is 0.102. The van der Waals surface area contributed by atoms with Crippen LogP contribution in [0.5, 0.6) is 0 Å². The second kappa shape index (κ2) is 8.66. The molecule has 2 rings (SSSR count). The Morgan fingerprint density at radius 2 is 1.92 bits per heavy atom. The first-order valence-corrected chi connectivity index (χ1v) is 10.2. The number of unbranched alkanes of at least 4 members (excludes halogenated alkanes) is 1. The first-order chi connectivity index (χ1) is 12.3. The van der Waals surface area contributed by atoms with E-state index in [1.807, 2.05) is 19.9 Å². The van der Waals surface area contributed by atoms with Crippen LogP contribution in [0.3, 0.4) is 0 Å². The van der Waals surface area contributed by atoms with Gasteiger partial charge in [0.05, 0.1) is 4.90 Å². The molecule has 0 saturated heterocycles. The van der Waals surface area contributed by atoms with E-state index in [9.17, 15) is 13.2 Å². The maximum absolute atomic E-state index is 12.6. The molecule has 0 atom stereocenters. The average Bonchev–Trinajstić information content (AvgIpc) is 2.62. The molecule has 0 spiro atoms. The molecule has 0 saturated carbocycles. The van der Waals surface area contributed by atoms with Crippen molar-refractivity contribution in [1.29, 1.82) is 0 Å². The summed E-state index contributed by atoms with van der Waals surface area (Å²) in [5.74, 6) is -0.386. The normalized spacial score (nSPS) is 11.6. The van der Waals surface area contributed by atoms with Crippen molar-refractivity contribution in [2.75, 3.05) is 18.9 Å². The topological polar surface area (TPSA) is 66.5 Å². The van der Waals surface area contributed by atoms with E-state index in [0.29, 0.717) is 17.3 Å². The van der Waals surface area contributed by atoms with Crippen molar-refractivity contribution in [3.8, 4) is 0 Å². The van der Waals surface area contributed by atoms with Crippen LogP contribution in [0.25, 0.3) is 0 Å². The Bertz CT molecular complexity index is 897. The molecule has 0 aromatic heterocycles. The summed E-state index contributed by atoms with van der Waals surface area (Å²) in [6.07, 6.45) is 1.69. The van der Waals surface area contributed by atoms with Gasteiger partial charge < -0.3 is 5.32 Å². The van der Waals surface area contributed by atoms with Gasteiger partial charge in [0.1, 0.15) is 0 Å². The molecule has 26 heavy (non-hydrogen) atoms. The van der Waals surface area contributed by atoms with E-state index in [-0.39, 0.29) is 16.4 Å². The third-order valence-corrected chi connectivity index (χ3v) is 6.17. The molecule has 2 aromatic carbocycles. The van der Waals surface area contributed by atoms with Gasteiger partial charge in [-0.15, -0.1) is 0 Å². The molecule has 0 unspecified atom stereocenters. The Hall–Kier alpha value is -1.89. The third-order valence-electron chi connectivity index (χ3n) is 4.08. The van der Waals surface area contributed by atoms with Crippen molar-refractivity contribution in [3.05, 3.63) is 58.6 Å². The lowest BCUT2D eigenvalue weighted by Gasteiger charge is -2.17. The molecule has 1 amide bonds. The second-order valence-corrected chi connectivity index (χ2v) is 8.60. The van der Waals surface area contributed by atoms with Crippen molar-refractivity contribution in [3.63, 3.8) is 0 Å². The smallest absolute Gasteiger partial charge is 0.255 e. The Kier molecular flexibility index (Phi) is 6.81. The number of halogens is 1. The number of nitrogens with one attached hydrogen (secondary N) is 1. The van der Waals surface area contributed by atoms with Gasteiger partial charge in [-0.3, -0.25) is 4.79 Å². The van der Waals surface area contributed by atoms with Gasteiger partial charge in [-0.1, -0.05) is 37.1 Å². The first-order valence-electron chi connectivity index (χ1n) is 8.39. The van der Waals surface area contributed by atoms with E-state index in [1.54, 1.807) is 31.3 Å². The van der Waals surface area contributed by atoms with Crippen molar-refractivity contribution in [1.82, 2.24) is 4.31 Å². The van der Waals surface area contributed by atoms with Gasteiger partial charge in [0.2, 0.25) is 10.0 Å². The monoisotopic (exact) mass is 394 g/mol. The predicted molar refractivity (Wildman–Crippen MR) is 105 cm³/mol. The summed E-state index contributed by atoms with van der Waals surface area (Å²) in [7, 11) is -2.07. The number of rotatable bonds is 7. The van der Waals surface area contributed by atoms with Crippen LogP contribution in [0.2, 0.25) is 5.02 Å². The summed E-state index contributed by atoms with van der Waals surface area (Å²) in [6, 6.07) is 11.3. The number of amides is 1. The number of nitrogens with zero attached hydrogens (tertiary/aromatic N) is 1. The molecule has 7 heteroatoms. The maximum Gasteiger partial charge on any atom is 0.255 e. The van der Waals surface area contributed by atoms with Gasteiger partial charge in [0, 0.05) is 29.9 Å². The quantitative estimate of drug-likeness (QED) is 0.760. The summed E-state index contributed by atoms with van der Waals surface area (Å²) >= 11 is 5.97. The van der Waals surface area contributed by atoms with E-state index in [1.165, 1.54) is 16.4 Å². The fraction of sp³-hybridized carbons (Fsp3) is 0.316. The summed E-state index contributed by atoms with van der Waals surface area (Å²) in [5.41, 5.74) is 1.73. The number of carbonyl (C=O) groups excluding carboxylic acids is 1. The van der Waals surface area contributed by atoms with Crippen molar-refractivity contribution < 1.29 is 13.2 Å². The van der Waals surface area contributed by atoms with Gasteiger partial charge in [-0.05, 0) is 49.2 Å². The van der Waals surface area contributed by atoms with E-state index in [0.717, 1.165) is 18.4 Å². The molecule has 0 heterocycles. The largest absolute Gasteiger partial charge is 0.322 e. The zero-order valence-electron chi connectivity index (χ0n) is 15.1. The van der Waals surface area contributed by atoms with Crippen LogP contribution in [0, 0.1) is 6.92 Å². The van der Waals surface area contributed by atoms with Gasteiger partial charge in [-0.25, -0.2) is 12.7 Å². The summed E-state index contributed by atoms with van der Waals surface area (Å²) in [6.45, 7) is 4.30. The summed E-state index contributed by atoms with van der Waals surface area (Å²) in [5, 5.41) is 3.29. The van der Waals surface area contributed by atoms with Crippen molar-refractivity contribution in [2.45, 2.75) is 31.6 Å². The number of aryl methyl sites for hydroxylation is 1. The molecular formula is C19H23ClN2O3S. The van der Waals surface area contributed by atoms with E-state index >= 15 is 0 Å². The van der Waals surface area contributed by atoms with E-state index in [4.69, 9.17) is 11.6 Å². The highest BCUT2D eigenvalue weighted by molar-refractivity contribution is 7.89. The van der Waals surface area contributed by atoms with Crippen LogP contribution in [0.15, 0.2) is 47.4 Å². The Labute approximate surface area is 160 Å². The Morgan fingerprint density at radius 1 is 1.19 bits per heavy atom. The van der Waals surface area contributed by atoms with Crippen LogP contribution in [0.4, 0.5) is 5.69 Å². The molecule has 0 fully saturated rings. The predicted octanol–water partition coefficient (Wildman–Crippen LogP) is 4.32. The van der Waals surface area contributed by atoms with Crippen molar-refractivity contribution in [2.24, 2.45) is 0 Å². The van der Waals surface area contributed by atoms with Crippen molar-refractivity contribution >= 4 is 33.2 Å². The summed E-state index contributed by atoms with van der Waals surface area (Å²) in [4.78, 5) is 12.6. The second-order valence-electron chi connectivity index (χ2n) is 6.12. The molecule has 0 aliphatic heterocycles. The standard InChI is InChI=1S/C19H23ClN2O3S/c1-4-5-11-22(3)26(24,25)17-8-6-7-15(12-17)19(23)21-18-13-16(20)10-9-14(18)2/h6-10,12-13H,4-5,11H2,1-3H3,(H,21,23). The number of anilines is 1. The van der Waals surface area contributed by atoms with Crippen LogP contribution >= 0.6 is 11.6 Å². The fourth-order valence-electron chi connectivity index (χ4n) is 2.40. The minimum Gasteiger partial charge on any atom is -0.322 e. The molecule has 5 nitrogen and oxygen atoms in total. The fourth-order valence-corrected chi connectivity index (χ4v) is 3.83. The number of sulfonamides is 1. The average molecular weight is 395 g/mol. The van der Waals surface area contributed by atoms with Crippen LogP contribution in [0.1, 0.15) is 35.7 Å². The lowest BCUT2D eigenvalue weighted by atomic mass is 10.1. The van der Waals surface area contributed by atoms with Gasteiger partial charge in [0.25, 0.3) is 5.91 Å². The third kappa shape index (κ3) is 4.84. The summed E-state index contributed by atoms with van der Waals surface area (Å²) < 4.78 is 26.6. The molecule has 0 aliphatic rings. The van der Waals surface area contributed by atoms with Crippen LogP contribution in [-0.4, -0.2) is 32.2 Å². The zero-order valence-corrected chi connectivity index (χ0v) is 16.7. The molecule has 0 bridgehead atoms. The minimum atomic E-state index is -3.62. The first kappa shape index (κ1) is 20.4. The number of hydrogen-bond donors (Lipinski definition) is 1. The number of hydrogen-bond acceptors (Lipinski definition) is 3. The van der Waals surface area contributed by atoms with E-state index < -0.39 is 10.0 Å². The van der Waals surface area contributed by atoms with Gasteiger partial charge in [0.15, 0.2) is 0 Å².